The Morgan fingerprint density at radius 3 is 2.61 bits per heavy atom. The molecule has 1 aromatic heterocycles. The van der Waals surface area contributed by atoms with E-state index in [9.17, 15) is 4.39 Å². The summed E-state index contributed by atoms with van der Waals surface area (Å²) in [6.07, 6.45) is 0.403. The van der Waals surface area contributed by atoms with Crippen LogP contribution in [0.2, 0.25) is 0 Å². The lowest BCUT2D eigenvalue weighted by Gasteiger charge is -2.20. The molecule has 0 fully saturated rings. The predicted octanol–water partition coefficient (Wildman–Crippen LogP) is 1.39. The summed E-state index contributed by atoms with van der Waals surface area (Å²) in [4.78, 5) is 9.98. The molecule has 0 saturated carbocycles. The lowest BCUT2D eigenvalue weighted by atomic mass is 10.2. The van der Waals surface area contributed by atoms with Crippen LogP contribution in [-0.4, -0.2) is 20.6 Å². The molecule has 0 unspecified atom stereocenters. The Balaban J connectivity index is 0.000000593. The van der Waals surface area contributed by atoms with E-state index < -0.39 is 5.82 Å². The van der Waals surface area contributed by atoms with Gasteiger partial charge in [-0.2, -0.15) is 0 Å². The van der Waals surface area contributed by atoms with Crippen molar-refractivity contribution in [3.8, 4) is 11.5 Å². The standard InChI is InChI=1S/C13H15FN2O2S.CH4N2O/c1-16(15)12-10(14)5-6-11(17-2)13(12)18-8-9-4-3-7-19-9;2-3-1-4/h3-7H,8,15H2,1-2H3;1H,2H2,(H,3,4). The van der Waals surface area contributed by atoms with Crippen molar-refractivity contribution >= 4 is 23.4 Å². The SMILES string of the molecule is COc1ccc(F)c(N(C)N)c1OCc1cccs1.NNC=O. The number of nitrogens with one attached hydrogen (secondary N) is 1. The summed E-state index contributed by atoms with van der Waals surface area (Å²) in [6.45, 7) is 0.346. The van der Waals surface area contributed by atoms with E-state index in [2.05, 4.69) is 5.84 Å². The number of nitrogens with two attached hydrogens (primary N) is 2. The zero-order valence-electron chi connectivity index (χ0n) is 12.8. The third-order valence-corrected chi connectivity index (χ3v) is 3.48. The molecule has 0 atom stereocenters. The number of carbonyl (C=O) groups is 1. The van der Waals surface area contributed by atoms with E-state index >= 15 is 0 Å². The smallest absolute Gasteiger partial charge is 0.221 e. The van der Waals surface area contributed by atoms with E-state index in [0.717, 1.165) is 4.88 Å². The number of methoxy groups -OCH3 is 1. The largest absolute Gasteiger partial charge is 0.493 e. The zero-order valence-corrected chi connectivity index (χ0v) is 13.6. The zero-order chi connectivity index (χ0) is 17.2. The summed E-state index contributed by atoms with van der Waals surface area (Å²) in [5, 5.41) is 3.14. The van der Waals surface area contributed by atoms with E-state index in [-0.39, 0.29) is 5.69 Å². The van der Waals surface area contributed by atoms with Crippen molar-refractivity contribution in [3.05, 3.63) is 40.3 Å². The number of benzene rings is 1. The Labute approximate surface area is 137 Å². The van der Waals surface area contributed by atoms with E-state index in [1.54, 1.807) is 23.8 Å². The lowest BCUT2D eigenvalue weighted by Crippen LogP contribution is -2.27. The molecular weight excluding hydrogens is 323 g/mol. The maximum atomic E-state index is 13.8. The summed E-state index contributed by atoms with van der Waals surface area (Å²) in [5.74, 6) is 10.4. The molecule has 7 nitrogen and oxygen atoms in total. The summed E-state index contributed by atoms with van der Waals surface area (Å²) in [6, 6.07) is 6.70. The molecule has 1 amide bonds. The molecule has 0 aliphatic rings. The molecule has 2 rings (SSSR count). The van der Waals surface area contributed by atoms with Crippen LogP contribution in [0, 0.1) is 5.82 Å². The highest BCUT2D eigenvalue weighted by atomic mass is 32.1. The summed E-state index contributed by atoms with van der Waals surface area (Å²) in [7, 11) is 3.06. The van der Waals surface area contributed by atoms with Gasteiger partial charge in [0.2, 0.25) is 6.41 Å². The van der Waals surface area contributed by atoms with Crippen LogP contribution in [0.4, 0.5) is 10.1 Å². The van der Waals surface area contributed by atoms with Gasteiger partial charge in [0, 0.05) is 11.9 Å². The highest BCUT2D eigenvalue weighted by Crippen LogP contribution is 2.39. The van der Waals surface area contributed by atoms with Gasteiger partial charge in [-0.3, -0.25) is 10.2 Å². The molecule has 1 heterocycles. The minimum atomic E-state index is -0.452. The van der Waals surface area contributed by atoms with Crippen LogP contribution in [0.5, 0.6) is 11.5 Å². The van der Waals surface area contributed by atoms with Crippen LogP contribution in [0.15, 0.2) is 29.6 Å². The van der Waals surface area contributed by atoms with Crippen molar-refractivity contribution in [1.82, 2.24) is 5.43 Å². The fraction of sp³-hybridized carbons (Fsp3) is 0.214. The minimum Gasteiger partial charge on any atom is -0.493 e. The number of amides is 1. The molecule has 2 aromatic rings. The van der Waals surface area contributed by atoms with Gasteiger partial charge in [-0.1, -0.05) is 6.07 Å². The lowest BCUT2D eigenvalue weighted by molar-refractivity contribution is -0.109. The second-order valence-electron chi connectivity index (χ2n) is 4.19. The van der Waals surface area contributed by atoms with Gasteiger partial charge in [0.15, 0.2) is 17.3 Å². The van der Waals surface area contributed by atoms with E-state index in [1.807, 2.05) is 17.5 Å². The molecule has 5 N–H and O–H groups in total. The van der Waals surface area contributed by atoms with Gasteiger partial charge in [0.05, 0.1) is 7.11 Å². The molecule has 0 saturated heterocycles. The monoisotopic (exact) mass is 342 g/mol. The number of ether oxygens (including phenoxy) is 2. The summed E-state index contributed by atoms with van der Waals surface area (Å²) < 4.78 is 24.7. The number of nitrogens with zero attached hydrogens (tertiary/aromatic N) is 1. The molecule has 0 aliphatic carbocycles. The average molecular weight is 342 g/mol. The van der Waals surface area contributed by atoms with Crippen LogP contribution in [0.25, 0.3) is 0 Å². The molecule has 0 bridgehead atoms. The molecule has 1 aromatic carbocycles. The van der Waals surface area contributed by atoms with Crippen molar-refractivity contribution in [3.63, 3.8) is 0 Å². The van der Waals surface area contributed by atoms with E-state index in [0.29, 0.717) is 24.5 Å². The number of hydrazine groups is 2. The summed E-state index contributed by atoms with van der Waals surface area (Å²) in [5.41, 5.74) is 1.93. The van der Waals surface area contributed by atoms with Crippen LogP contribution in [0.1, 0.15) is 4.88 Å². The number of hydrogen-bond donors (Lipinski definition) is 3. The molecule has 9 heteroatoms. The molecule has 0 spiro atoms. The Hall–Kier alpha value is -2.36. The van der Waals surface area contributed by atoms with Crippen molar-refractivity contribution in [2.24, 2.45) is 11.7 Å². The van der Waals surface area contributed by atoms with Crippen LogP contribution in [0.3, 0.4) is 0 Å². The van der Waals surface area contributed by atoms with Gasteiger partial charge < -0.3 is 14.5 Å². The molecular formula is C14H19FN4O3S. The van der Waals surface area contributed by atoms with Crippen LogP contribution >= 0.6 is 11.3 Å². The molecule has 0 radical (unpaired) electrons. The number of halogens is 1. The second-order valence-corrected chi connectivity index (χ2v) is 5.22. The molecule has 0 aliphatic heterocycles. The first-order valence-electron chi connectivity index (χ1n) is 6.45. The first-order chi connectivity index (χ1) is 11.0. The maximum Gasteiger partial charge on any atom is 0.221 e. The van der Waals surface area contributed by atoms with Gasteiger partial charge >= 0.3 is 0 Å². The van der Waals surface area contributed by atoms with Gasteiger partial charge in [0.25, 0.3) is 0 Å². The van der Waals surface area contributed by atoms with E-state index in [4.69, 9.17) is 20.1 Å². The summed E-state index contributed by atoms with van der Waals surface area (Å²) >= 11 is 1.57. The Morgan fingerprint density at radius 1 is 1.43 bits per heavy atom. The van der Waals surface area contributed by atoms with Gasteiger partial charge in [-0.15, -0.1) is 11.3 Å². The third-order valence-electron chi connectivity index (χ3n) is 2.63. The Morgan fingerprint density at radius 2 is 2.13 bits per heavy atom. The second kappa shape index (κ2) is 9.62. The van der Waals surface area contributed by atoms with E-state index in [1.165, 1.54) is 24.3 Å². The highest BCUT2D eigenvalue weighted by molar-refractivity contribution is 7.09. The highest BCUT2D eigenvalue weighted by Gasteiger charge is 2.18. The third kappa shape index (κ3) is 5.40. The number of carbonyl (C=O) groups excluding carboxylic acids is 1. The topological polar surface area (TPSA) is 103 Å². The number of rotatable bonds is 6. The van der Waals surface area contributed by atoms with Crippen molar-refractivity contribution in [1.29, 1.82) is 0 Å². The number of thiophene rings is 1. The normalized spacial score (nSPS) is 9.43. The molecule has 23 heavy (non-hydrogen) atoms. The minimum absolute atomic E-state index is 0.177. The Kier molecular flexibility index (Phi) is 7.81. The Bertz CT molecular complexity index is 608. The average Bonchev–Trinajstić information content (AvgIpc) is 3.06. The number of anilines is 1. The maximum absolute atomic E-state index is 13.8. The van der Waals surface area contributed by atoms with Gasteiger partial charge in [-0.25, -0.2) is 16.1 Å². The first-order valence-corrected chi connectivity index (χ1v) is 7.33. The van der Waals surface area contributed by atoms with Crippen molar-refractivity contribution < 1.29 is 18.7 Å². The van der Waals surface area contributed by atoms with Crippen molar-refractivity contribution in [2.45, 2.75) is 6.61 Å². The predicted molar refractivity (Wildman–Crippen MR) is 87.6 cm³/mol. The first kappa shape index (κ1) is 18.7. The fourth-order valence-corrected chi connectivity index (χ4v) is 2.31. The van der Waals surface area contributed by atoms with Crippen LogP contribution in [-0.2, 0) is 11.4 Å². The van der Waals surface area contributed by atoms with Crippen molar-refractivity contribution in [2.75, 3.05) is 19.2 Å². The quantitative estimate of drug-likeness (QED) is 0.317. The van der Waals surface area contributed by atoms with Gasteiger partial charge in [0.1, 0.15) is 12.3 Å². The number of hydrogen-bond acceptors (Lipinski definition) is 7. The molecule has 126 valence electrons. The fourth-order valence-electron chi connectivity index (χ4n) is 1.70. The van der Waals surface area contributed by atoms with Gasteiger partial charge in [-0.05, 0) is 23.6 Å². The van der Waals surface area contributed by atoms with Crippen LogP contribution < -0.4 is 31.6 Å².